The molecule has 14 heavy (non-hydrogen) atoms. The summed E-state index contributed by atoms with van der Waals surface area (Å²) in [5.41, 5.74) is -0.787. The highest BCUT2D eigenvalue weighted by atomic mass is 35.5. The molecule has 0 spiro atoms. The topological polar surface area (TPSA) is 20.2 Å². The Morgan fingerprint density at radius 1 is 1.29 bits per heavy atom. The van der Waals surface area contributed by atoms with Crippen molar-refractivity contribution in [3.63, 3.8) is 0 Å². The summed E-state index contributed by atoms with van der Waals surface area (Å²) >= 11 is 5.61. The fraction of sp³-hybridized carbons (Fsp3) is 0.400. The molecule has 0 amide bonds. The van der Waals surface area contributed by atoms with Crippen LogP contribution in [0.5, 0.6) is 0 Å². The van der Waals surface area contributed by atoms with Crippen molar-refractivity contribution in [2.24, 2.45) is 0 Å². The molecule has 0 aliphatic heterocycles. The molecule has 1 aliphatic rings. The van der Waals surface area contributed by atoms with Gasteiger partial charge in [0.25, 0.3) is 0 Å². The van der Waals surface area contributed by atoms with Gasteiger partial charge in [0.2, 0.25) is 0 Å². The maximum Gasteiger partial charge on any atom is 0.142 e. The molecule has 1 nitrogen and oxygen atoms in total. The largest absolute Gasteiger partial charge is 0.390 e. The van der Waals surface area contributed by atoms with Crippen LogP contribution < -0.4 is 0 Å². The summed E-state index contributed by atoms with van der Waals surface area (Å²) in [7, 11) is 0. The first-order valence-electron chi connectivity index (χ1n) is 4.37. The Kier molecular flexibility index (Phi) is 2.24. The third-order valence-corrected chi connectivity index (χ3v) is 2.88. The van der Waals surface area contributed by atoms with Crippen molar-refractivity contribution >= 4 is 11.6 Å². The minimum Gasteiger partial charge on any atom is -0.390 e. The van der Waals surface area contributed by atoms with Crippen molar-refractivity contribution < 1.29 is 13.9 Å². The molecule has 0 radical (unpaired) electrons. The van der Waals surface area contributed by atoms with Gasteiger partial charge in [-0.2, -0.15) is 0 Å². The van der Waals surface area contributed by atoms with Gasteiger partial charge in [-0.3, -0.25) is 0 Å². The van der Waals surface area contributed by atoms with Crippen molar-refractivity contribution in [3.8, 4) is 0 Å². The van der Waals surface area contributed by atoms with Crippen LogP contribution in [0.3, 0.4) is 0 Å². The number of hydrogen-bond acceptors (Lipinski definition) is 1. The summed E-state index contributed by atoms with van der Waals surface area (Å²) in [6, 6.07) is 2.01. The zero-order chi connectivity index (χ0) is 10.3. The van der Waals surface area contributed by atoms with Gasteiger partial charge in [0.15, 0.2) is 0 Å². The Morgan fingerprint density at radius 2 is 1.86 bits per heavy atom. The maximum atomic E-state index is 13.2. The van der Waals surface area contributed by atoms with Gasteiger partial charge in [0, 0.05) is 12.0 Å². The Labute approximate surface area is 85.3 Å². The molecule has 0 saturated heterocycles. The first-order valence-corrected chi connectivity index (χ1v) is 4.74. The van der Waals surface area contributed by atoms with Crippen molar-refractivity contribution in [2.75, 3.05) is 0 Å². The quantitative estimate of drug-likeness (QED) is 0.757. The summed E-state index contributed by atoms with van der Waals surface area (Å²) in [6.07, 6.45) is 1.34. The second kappa shape index (κ2) is 3.17. The van der Waals surface area contributed by atoms with Crippen molar-refractivity contribution in [3.05, 3.63) is 34.4 Å². The van der Waals surface area contributed by atoms with Crippen LogP contribution >= 0.6 is 11.6 Å². The number of aliphatic hydroxyl groups is 1. The second-order valence-corrected chi connectivity index (χ2v) is 4.10. The van der Waals surface area contributed by atoms with Crippen LogP contribution in [0.25, 0.3) is 0 Å². The van der Waals surface area contributed by atoms with Gasteiger partial charge < -0.3 is 5.11 Å². The van der Waals surface area contributed by atoms with Gasteiger partial charge >= 0.3 is 0 Å². The Morgan fingerprint density at radius 3 is 2.43 bits per heavy atom. The predicted octanol–water partition coefficient (Wildman–Crippen LogP) is 2.69. The summed E-state index contributed by atoms with van der Waals surface area (Å²) in [4.78, 5) is 0. The van der Waals surface area contributed by atoms with E-state index in [0.29, 0.717) is 12.8 Å². The Bertz CT molecular complexity index is 375. The monoisotopic (exact) mass is 218 g/mol. The standard InChI is InChI=1S/C10H9ClF2O/c11-9-6(5-10(14)3-4-10)7(12)1-2-8(9)13/h1-2,14H,3-5H2. The van der Waals surface area contributed by atoms with Crippen molar-refractivity contribution in [1.82, 2.24) is 0 Å². The Balaban J connectivity index is 2.35. The molecule has 1 fully saturated rings. The summed E-state index contributed by atoms with van der Waals surface area (Å²) in [5.74, 6) is -1.20. The summed E-state index contributed by atoms with van der Waals surface area (Å²) < 4.78 is 26.2. The third-order valence-electron chi connectivity index (χ3n) is 2.47. The molecule has 1 aliphatic carbocycles. The molecule has 1 aromatic carbocycles. The van der Waals surface area contributed by atoms with E-state index in [0.717, 1.165) is 12.1 Å². The van der Waals surface area contributed by atoms with Gasteiger partial charge in [-0.15, -0.1) is 0 Å². The number of hydrogen-bond donors (Lipinski definition) is 1. The van der Waals surface area contributed by atoms with E-state index in [2.05, 4.69) is 0 Å². The van der Waals surface area contributed by atoms with Crippen LogP contribution in [0.15, 0.2) is 12.1 Å². The van der Waals surface area contributed by atoms with Crippen LogP contribution in [0, 0.1) is 11.6 Å². The molecule has 0 atom stereocenters. The lowest BCUT2D eigenvalue weighted by atomic mass is 10.1. The normalized spacial score (nSPS) is 18.3. The van der Waals surface area contributed by atoms with Crippen LogP contribution in [0.4, 0.5) is 8.78 Å². The predicted molar refractivity (Wildman–Crippen MR) is 49.3 cm³/mol. The average molecular weight is 219 g/mol. The molecule has 76 valence electrons. The van der Waals surface area contributed by atoms with E-state index in [1.165, 1.54) is 0 Å². The highest BCUT2D eigenvalue weighted by molar-refractivity contribution is 6.31. The molecule has 1 saturated carbocycles. The lowest BCUT2D eigenvalue weighted by Gasteiger charge is -2.10. The van der Waals surface area contributed by atoms with E-state index in [9.17, 15) is 13.9 Å². The van der Waals surface area contributed by atoms with Gasteiger partial charge in [0.05, 0.1) is 10.6 Å². The molecule has 2 rings (SSSR count). The van der Waals surface area contributed by atoms with Crippen molar-refractivity contribution in [1.29, 1.82) is 0 Å². The van der Waals surface area contributed by atoms with Gasteiger partial charge in [-0.05, 0) is 25.0 Å². The summed E-state index contributed by atoms with van der Waals surface area (Å²) in [6.45, 7) is 0. The second-order valence-electron chi connectivity index (χ2n) is 3.72. The van der Waals surface area contributed by atoms with E-state index in [1.807, 2.05) is 0 Å². The molecule has 4 heteroatoms. The van der Waals surface area contributed by atoms with E-state index in [1.54, 1.807) is 0 Å². The molecule has 0 bridgehead atoms. The van der Waals surface area contributed by atoms with E-state index in [-0.39, 0.29) is 17.0 Å². The fourth-order valence-corrected chi connectivity index (χ4v) is 1.60. The molecule has 0 aromatic heterocycles. The minimum absolute atomic E-state index is 0.0756. The maximum absolute atomic E-state index is 13.2. The SMILES string of the molecule is OC1(Cc2c(F)ccc(F)c2Cl)CC1. The van der Waals surface area contributed by atoms with E-state index in [4.69, 9.17) is 11.6 Å². The molecular formula is C10H9ClF2O. The van der Waals surface area contributed by atoms with Gasteiger partial charge in [-0.25, -0.2) is 8.78 Å². The number of halogens is 3. The van der Waals surface area contributed by atoms with E-state index < -0.39 is 17.2 Å². The van der Waals surface area contributed by atoms with E-state index >= 15 is 0 Å². The molecule has 0 heterocycles. The highest BCUT2D eigenvalue weighted by Gasteiger charge is 2.41. The smallest absolute Gasteiger partial charge is 0.142 e. The number of benzene rings is 1. The summed E-state index contributed by atoms with van der Waals surface area (Å²) in [5, 5.41) is 9.36. The molecule has 1 N–H and O–H groups in total. The lowest BCUT2D eigenvalue weighted by molar-refractivity contribution is 0.149. The third kappa shape index (κ3) is 1.74. The molecular weight excluding hydrogens is 210 g/mol. The first kappa shape index (κ1) is 9.87. The fourth-order valence-electron chi connectivity index (χ4n) is 1.38. The average Bonchev–Trinajstić information content (AvgIpc) is 2.86. The van der Waals surface area contributed by atoms with Gasteiger partial charge in [-0.1, -0.05) is 11.6 Å². The first-order chi connectivity index (χ1) is 6.52. The van der Waals surface area contributed by atoms with Gasteiger partial charge in [0.1, 0.15) is 11.6 Å². The Hall–Kier alpha value is -0.670. The number of rotatable bonds is 2. The molecule has 0 unspecified atom stereocenters. The zero-order valence-electron chi connectivity index (χ0n) is 7.36. The highest BCUT2D eigenvalue weighted by Crippen LogP contribution is 2.40. The lowest BCUT2D eigenvalue weighted by Crippen LogP contribution is -2.12. The minimum atomic E-state index is -0.863. The van der Waals surface area contributed by atoms with Crippen LogP contribution in [-0.2, 0) is 6.42 Å². The van der Waals surface area contributed by atoms with Crippen LogP contribution in [0.2, 0.25) is 5.02 Å². The molecule has 1 aromatic rings. The van der Waals surface area contributed by atoms with Crippen molar-refractivity contribution in [2.45, 2.75) is 24.9 Å². The zero-order valence-corrected chi connectivity index (χ0v) is 8.11. The van der Waals surface area contributed by atoms with Crippen LogP contribution in [0.1, 0.15) is 18.4 Å². The van der Waals surface area contributed by atoms with Crippen LogP contribution in [-0.4, -0.2) is 10.7 Å².